The number of carboxylic acids is 1. The minimum atomic E-state index is -1.12. The quantitative estimate of drug-likeness (QED) is 0.870. The second-order valence-electron chi connectivity index (χ2n) is 3.89. The summed E-state index contributed by atoms with van der Waals surface area (Å²) < 4.78 is 4.69. The Kier molecular flexibility index (Phi) is 3.28. The fourth-order valence-corrected chi connectivity index (χ4v) is 1.57. The maximum absolute atomic E-state index is 11.9. The molecule has 19 heavy (non-hydrogen) atoms. The van der Waals surface area contributed by atoms with Crippen LogP contribution in [0.3, 0.4) is 0 Å². The van der Waals surface area contributed by atoms with Crippen LogP contribution in [0.15, 0.2) is 22.7 Å². The van der Waals surface area contributed by atoms with E-state index in [4.69, 9.17) is 9.63 Å². The van der Waals surface area contributed by atoms with Gasteiger partial charge in [0.15, 0.2) is 0 Å². The zero-order chi connectivity index (χ0) is 14.0. The van der Waals surface area contributed by atoms with Crippen molar-refractivity contribution < 1.29 is 19.2 Å². The Morgan fingerprint density at radius 3 is 2.63 bits per heavy atom. The third-order valence-corrected chi connectivity index (χ3v) is 2.47. The Morgan fingerprint density at radius 2 is 2.05 bits per heavy atom. The molecule has 0 unspecified atom stereocenters. The number of carbonyl (C=O) groups is 2. The molecule has 1 aromatic carbocycles. The van der Waals surface area contributed by atoms with Crippen LogP contribution in [0, 0.1) is 13.8 Å². The van der Waals surface area contributed by atoms with Crippen molar-refractivity contribution in [3.63, 3.8) is 0 Å². The molecule has 0 aliphatic carbocycles. The molecule has 7 nitrogen and oxygen atoms in total. The molecule has 0 aliphatic rings. The summed E-state index contributed by atoms with van der Waals surface area (Å²) in [5.41, 5.74) is 0.865. The van der Waals surface area contributed by atoms with Crippen molar-refractivity contribution in [1.29, 1.82) is 0 Å². The minimum Gasteiger partial charge on any atom is -0.478 e. The van der Waals surface area contributed by atoms with E-state index < -0.39 is 11.9 Å². The molecular formula is C12H11N3O4. The number of nitrogens with zero attached hydrogens (tertiary/aromatic N) is 2. The molecule has 0 atom stereocenters. The first-order chi connectivity index (χ1) is 8.99. The third-order valence-electron chi connectivity index (χ3n) is 2.47. The van der Waals surface area contributed by atoms with Gasteiger partial charge in [-0.1, -0.05) is 17.3 Å². The van der Waals surface area contributed by atoms with Crippen LogP contribution in [-0.2, 0) is 0 Å². The molecule has 7 heteroatoms. The van der Waals surface area contributed by atoms with Crippen LogP contribution >= 0.6 is 0 Å². The second-order valence-corrected chi connectivity index (χ2v) is 3.89. The molecule has 2 aromatic rings. The zero-order valence-corrected chi connectivity index (χ0v) is 10.3. The molecule has 0 radical (unpaired) electrons. The Hall–Kier alpha value is -2.70. The summed E-state index contributed by atoms with van der Waals surface area (Å²) in [5.74, 6) is -1.62. The van der Waals surface area contributed by atoms with E-state index >= 15 is 0 Å². The number of para-hydroxylation sites is 1. The van der Waals surface area contributed by atoms with Gasteiger partial charge in [0.25, 0.3) is 11.7 Å². The van der Waals surface area contributed by atoms with E-state index in [-0.39, 0.29) is 23.0 Å². The Morgan fingerprint density at radius 1 is 1.32 bits per heavy atom. The van der Waals surface area contributed by atoms with Gasteiger partial charge in [-0.05, 0) is 18.6 Å². The number of rotatable bonds is 3. The summed E-state index contributed by atoms with van der Waals surface area (Å²) in [4.78, 5) is 26.7. The van der Waals surface area contributed by atoms with Crippen molar-refractivity contribution in [1.82, 2.24) is 10.1 Å². The molecule has 1 amide bonds. The van der Waals surface area contributed by atoms with Crippen LogP contribution < -0.4 is 5.32 Å². The van der Waals surface area contributed by atoms with Crippen molar-refractivity contribution in [2.75, 3.05) is 5.32 Å². The van der Waals surface area contributed by atoms with Crippen LogP contribution in [-0.4, -0.2) is 27.1 Å². The highest BCUT2D eigenvalue weighted by molar-refractivity contribution is 6.06. The molecular weight excluding hydrogens is 250 g/mol. The predicted octanol–water partition coefficient (Wildman–Crippen LogP) is 1.64. The van der Waals surface area contributed by atoms with E-state index in [1.165, 1.54) is 6.07 Å². The Balaban J connectivity index is 2.33. The summed E-state index contributed by atoms with van der Waals surface area (Å²) in [5, 5.41) is 15.0. The van der Waals surface area contributed by atoms with Crippen molar-refractivity contribution in [3.8, 4) is 0 Å². The van der Waals surface area contributed by atoms with Crippen molar-refractivity contribution in [2.45, 2.75) is 13.8 Å². The van der Waals surface area contributed by atoms with Gasteiger partial charge in [-0.3, -0.25) is 4.79 Å². The summed E-state index contributed by atoms with van der Waals surface area (Å²) >= 11 is 0. The molecule has 0 saturated heterocycles. The number of carboxylic acid groups (broad SMARTS) is 1. The molecule has 1 heterocycles. The molecule has 1 aromatic heterocycles. The number of aromatic nitrogens is 2. The summed E-state index contributed by atoms with van der Waals surface area (Å²) in [6.07, 6.45) is 0. The number of benzene rings is 1. The summed E-state index contributed by atoms with van der Waals surface area (Å²) in [7, 11) is 0. The summed E-state index contributed by atoms with van der Waals surface area (Å²) in [6.45, 7) is 3.25. The fraction of sp³-hybridized carbons (Fsp3) is 0.167. The first-order valence-corrected chi connectivity index (χ1v) is 5.43. The first-order valence-electron chi connectivity index (χ1n) is 5.43. The summed E-state index contributed by atoms with van der Waals surface area (Å²) in [6, 6.07) is 4.71. The van der Waals surface area contributed by atoms with E-state index in [2.05, 4.69) is 15.5 Å². The maximum atomic E-state index is 11.9. The van der Waals surface area contributed by atoms with Crippen LogP contribution in [0.1, 0.15) is 32.4 Å². The Bertz CT molecular complexity index is 648. The van der Waals surface area contributed by atoms with Crippen LogP contribution in [0.25, 0.3) is 0 Å². The topological polar surface area (TPSA) is 105 Å². The standard InChI is InChI=1S/C12H11N3O4/c1-6-4-3-5-8(12(17)18)9(6)14-11(16)10-13-7(2)19-15-10/h3-5H,1-2H3,(H,14,16)(H,17,18). The number of hydrogen-bond donors (Lipinski definition) is 2. The lowest BCUT2D eigenvalue weighted by molar-refractivity contribution is 0.0698. The van der Waals surface area contributed by atoms with E-state index in [9.17, 15) is 9.59 Å². The second kappa shape index (κ2) is 4.89. The van der Waals surface area contributed by atoms with Gasteiger partial charge in [0.1, 0.15) is 0 Å². The van der Waals surface area contributed by atoms with Crippen molar-refractivity contribution >= 4 is 17.6 Å². The molecule has 2 rings (SSSR count). The lowest BCUT2D eigenvalue weighted by Gasteiger charge is -2.09. The number of anilines is 1. The first kappa shape index (κ1) is 12.7. The zero-order valence-electron chi connectivity index (χ0n) is 10.3. The van der Waals surface area contributed by atoms with E-state index in [0.29, 0.717) is 5.56 Å². The number of nitrogens with one attached hydrogen (secondary N) is 1. The maximum Gasteiger partial charge on any atom is 0.337 e. The lowest BCUT2D eigenvalue weighted by Crippen LogP contribution is -2.17. The highest BCUT2D eigenvalue weighted by Crippen LogP contribution is 2.21. The van der Waals surface area contributed by atoms with E-state index in [0.717, 1.165) is 0 Å². The molecule has 0 aliphatic heterocycles. The number of aryl methyl sites for hydroxylation is 2. The van der Waals surface area contributed by atoms with Gasteiger partial charge in [0.2, 0.25) is 5.89 Å². The van der Waals surface area contributed by atoms with Gasteiger partial charge in [0.05, 0.1) is 11.3 Å². The van der Waals surface area contributed by atoms with Gasteiger partial charge in [0, 0.05) is 6.92 Å². The minimum absolute atomic E-state index is 0.00793. The molecule has 0 fully saturated rings. The molecule has 98 valence electrons. The highest BCUT2D eigenvalue weighted by Gasteiger charge is 2.18. The van der Waals surface area contributed by atoms with Gasteiger partial charge in [-0.25, -0.2) is 4.79 Å². The average Bonchev–Trinajstić information content (AvgIpc) is 2.78. The van der Waals surface area contributed by atoms with Crippen LogP contribution in [0.4, 0.5) is 5.69 Å². The van der Waals surface area contributed by atoms with Crippen molar-refractivity contribution in [3.05, 3.63) is 41.0 Å². The van der Waals surface area contributed by atoms with Gasteiger partial charge < -0.3 is 14.9 Å². The van der Waals surface area contributed by atoms with E-state index in [1.54, 1.807) is 26.0 Å². The molecule has 0 saturated carbocycles. The SMILES string of the molecule is Cc1nc(C(=O)Nc2c(C)cccc2C(=O)O)no1. The van der Waals surface area contributed by atoms with Crippen molar-refractivity contribution in [2.24, 2.45) is 0 Å². The average molecular weight is 261 g/mol. The fourth-order valence-electron chi connectivity index (χ4n) is 1.57. The molecule has 0 spiro atoms. The van der Waals surface area contributed by atoms with Gasteiger partial charge in [-0.2, -0.15) is 4.98 Å². The van der Waals surface area contributed by atoms with Crippen LogP contribution in [0.2, 0.25) is 0 Å². The molecule has 2 N–H and O–H groups in total. The monoisotopic (exact) mass is 261 g/mol. The van der Waals surface area contributed by atoms with Gasteiger partial charge >= 0.3 is 5.97 Å². The number of hydrogen-bond acceptors (Lipinski definition) is 5. The lowest BCUT2D eigenvalue weighted by atomic mass is 10.1. The van der Waals surface area contributed by atoms with E-state index in [1.807, 2.05) is 0 Å². The third kappa shape index (κ3) is 2.59. The number of amides is 1. The van der Waals surface area contributed by atoms with Crippen LogP contribution in [0.5, 0.6) is 0 Å². The van der Waals surface area contributed by atoms with Gasteiger partial charge in [-0.15, -0.1) is 0 Å². The smallest absolute Gasteiger partial charge is 0.337 e. The molecule has 0 bridgehead atoms. The normalized spacial score (nSPS) is 10.2. The number of carbonyl (C=O) groups excluding carboxylic acids is 1. The Labute approximate surface area is 108 Å². The number of aromatic carboxylic acids is 1. The highest BCUT2D eigenvalue weighted by atomic mass is 16.5. The predicted molar refractivity (Wildman–Crippen MR) is 65.1 cm³/mol. The largest absolute Gasteiger partial charge is 0.478 e.